The van der Waals surface area contributed by atoms with Crippen LogP contribution in [0, 0.1) is 12.7 Å². The molecule has 0 aliphatic carbocycles. The number of nitrogens with zero attached hydrogens (tertiary/aromatic N) is 1. The lowest BCUT2D eigenvalue weighted by Crippen LogP contribution is -2.36. The largest absolute Gasteiger partial charge is 0.445 e. The minimum atomic E-state index is -0.388. The maximum Gasteiger partial charge on any atom is 0.410 e. The Labute approximate surface area is 141 Å². The van der Waals surface area contributed by atoms with E-state index in [9.17, 15) is 9.18 Å². The van der Waals surface area contributed by atoms with Crippen molar-refractivity contribution < 1.29 is 13.9 Å². The van der Waals surface area contributed by atoms with Crippen LogP contribution in [0.15, 0.2) is 48.5 Å². The van der Waals surface area contributed by atoms with Crippen LogP contribution >= 0.6 is 0 Å². The quantitative estimate of drug-likeness (QED) is 0.937. The summed E-state index contributed by atoms with van der Waals surface area (Å²) < 4.78 is 18.8. The van der Waals surface area contributed by atoms with Gasteiger partial charge < -0.3 is 10.5 Å². The van der Waals surface area contributed by atoms with E-state index in [4.69, 9.17) is 10.5 Å². The van der Waals surface area contributed by atoms with Crippen molar-refractivity contribution >= 4 is 6.09 Å². The minimum absolute atomic E-state index is 0.182. The van der Waals surface area contributed by atoms with Gasteiger partial charge in [0.25, 0.3) is 0 Å². The van der Waals surface area contributed by atoms with Gasteiger partial charge in [0.1, 0.15) is 12.4 Å². The summed E-state index contributed by atoms with van der Waals surface area (Å²) in [6, 6.07) is 13.6. The first kappa shape index (κ1) is 16.5. The van der Waals surface area contributed by atoms with Crippen molar-refractivity contribution in [2.75, 3.05) is 6.54 Å². The Morgan fingerprint density at radius 1 is 1.29 bits per heavy atom. The van der Waals surface area contributed by atoms with Crippen molar-refractivity contribution in [1.82, 2.24) is 4.90 Å². The summed E-state index contributed by atoms with van der Waals surface area (Å²) in [6.45, 7) is 2.59. The van der Waals surface area contributed by atoms with Crippen LogP contribution in [-0.2, 0) is 11.3 Å². The summed E-state index contributed by atoms with van der Waals surface area (Å²) >= 11 is 0. The first-order valence-electron chi connectivity index (χ1n) is 8.05. The van der Waals surface area contributed by atoms with Crippen LogP contribution in [0.4, 0.5) is 9.18 Å². The number of halogens is 1. The average Bonchev–Trinajstić information content (AvgIpc) is 2.95. The van der Waals surface area contributed by atoms with Gasteiger partial charge >= 0.3 is 6.09 Å². The molecule has 2 aromatic carbocycles. The van der Waals surface area contributed by atoms with E-state index in [0.29, 0.717) is 13.0 Å². The van der Waals surface area contributed by atoms with Crippen LogP contribution in [0.3, 0.4) is 0 Å². The van der Waals surface area contributed by atoms with Crippen molar-refractivity contribution in [2.24, 2.45) is 5.73 Å². The van der Waals surface area contributed by atoms with E-state index in [0.717, 1.165) is 16.7 Å². The fourth-order valence-corrected chi connectivity index (χ4v) is 3.19. The first-order chi connectivity index (χ1) is 11.6. The molecule has 0 aromatic heterocycles. The van der Waals surface area contributed by atoms with Crippen molar-refractivity contribution in [1.29, 1.82) is 0 Å². The molecule has 5 heteroatoms. The molecule has 2 N–H and O–H groups in total. The summed E-state index contributed by atoms with van der Waals surface area (Å²) in [5, 5.41) is 0. The van der Waals surface area contributed by atoms with Crippen molar-refractivity contribution in [3.8, 4) is 0 Å². The average molecular weight is 328 g/mol. The zero-order valence-electron chi connectivity index (χ0n) is 13.6. The van der Waals surface area contributed by atoms with Crippen LogP contribution in [-0.4, -0.2) is 23.6 Å². The third kappa shape index (κ3) is 3.41. The lowest BCUT2D eigenvalue weighted by Gasteiger charge is -2.27. The zero-order valence-corrected chi connectivity index (χ0v) is 13.6. The van der Waals surface area contributed by atoms with Gasteiger partial charge in [-0.15, -0.1) is 0 Å². The Hall–Kier alpha value is -2.40. The van der Waals surface area contributed by atoms with Crippen LogP contribution < -0.4 is 5.73 Å². The van der Waals surface area contributed by atoms with Crippen molar-refractivity contribution in [3.05, 3.63) is 71.0 Å². The van der Waals surface area contributed by atoms with E-state index < -0.39 is 0 Å². The van der Waals surface area contributed by atoms with Gasteiger partial charge in [-0.3, -0.25) is 4.90 Å². The molecule has 1 saturated heterocycles. The molecule has 0 spiro atoms. The lowest BCUT2D eigenvalue weighted by molar-refractivity contribution is 0.0907. The molecule has 1 amide bonds. The number of rotatable bonds is 3. The summed E-state index contributed by atoms with van der Waals surface area (Å²) in [4.78, 5) is 14.1. The summed E-state index contributed by atoms with van der Waals surface area (Å²) in [5.41, 5.74) is 8.81. The van der Waals surface area contributed by atoms with Crippen LogP contribution in [0.5, 0.6) is 0 Å². The Kier molecular flexibility index (Phi) is 4.81. The molecule has 0 bridgehead atoms. The van der Waals surface area contributed by atoms with Gasteiger partial charge in [-0.25, -0.2) is 9.18 Å². The maximum absolute atomic E-state index is 13.4. The highest BCUT2D eigenvalue weighted by Gasteiger charge is 2.37. The van der Waals surface area contributed by atoms with E-state index in [1.807, 2.05) is 37.3 Å². The van der Waals surface area contributed by atoms with Crippen LogP contribution in [0.1, 0.15) is 29.2 Å². The lowest BCUT2D eigenvalue weighted by atomic mass is 9.96. The number of aryl methyl sites for hydroxylation is 1. The molecule has 24 heavy (non-hydrogen) atoms. The van der Waals surface area contributed by atoms with Crippen LogP contribution in [0.2, 0.25) is 0 Å². The predicted octanol–water partition coefficient (Wildman–Crippen LogP) is 3.55. The molecule has 1 fully saturated rings. The highest BCUT2D eigenvalue weighted by Crippen LogP contribution is 2.33. The number of nitrogens with two attached hydrogens (primary N) is 1. The number of likely N-dealkylation sites (tertiary alicyclic amines) is 1. The minimum Gasteiger partial charge on any atom is -0.445 e. The van der Waals surface area contributed by atoms with Gasteiger partial charge in [-0.1, -0.05) is 36.4 Å². The van der Waals surface area contributed by atoms with Crippen molar-refractivity contribution in [3.63, 3.8) is 0 Å². The smallest absolute Gasteiger partial charge is 0.410 e. The van der Waals surface area contributed by atoms with E-state index in [1.54, 1.807) is 11.0 Å². The van der Waals surface area contributed by atoms with Gasteiger partial charge in [0, 0.05) is 12.6 Å². The molecule has 1 heterocycles. The Balaban J connectivity index is 1.75. The van der Waals surface area contributed by atoms with Gasteiger partial charge in [-0.2, -0.15) is 0 Å². The molecule has 4 nitrogen and oxygen atoms in total. The van der Waals surface area contributed by atoms with E-state index in [1.165, 1.54) is 12.1 Å². The molecule has 1 aliphatic heterocycles. The van der Waals surface area contributed by atoms with Gasteiger partial charge in [0.05, 0.1) is 6.04 Å². The molecule has 126 valence electrons. The molecule has 2 aromatic rings. The molecule has 0 radical (unpaired) electrons. The number of carbonyl (C=O) groups is 1. The van der Waals surface area contributed by atoms with Crippen LogP contribution in [0.25, 0.3) is 0 Å². The molecule has 3 rings (SSSR count). The molecule has 2 atom stereocenters. The number of benzene rings is 2. The zero-order chi connectivity index (χ0) is 17.1. The van der Waals surface area contributed by atoms with Gasteiger partial charge in [0.15, 0.2) is 0 Å². The second-order valence-corrected chi connectivity index (χ2v) is 6.13. The molecular weight excluding hydrogens is 307 g/mol. The highest BCUT2D eigenvalue weighted by atomic mass is 19.1. The van der Waals surface area contributed by atoms with E-state index >= 15 is 0 Å². The SMILES string of the molecule is Cc1cc(F)ccc1[C@@H]1[C@@H](N)CCN1C(=O)OCc1ccccc1. The summed E-state index contributed by atoms with van der Waals surface area (Å²) in [5.74, 6) is -0.291. The number of amides is 1. The monoisotopic (exact) mass is 328 g/mol. The fraction of sp³-hybridized carbons (Fsp3) is 0.316. The topological polar surface area (TPSA) is 55.6 Å². The van der Waals surface area contributed by atoms with Gasteiger partial charge in [0.2, 0.25) is 0 Å². The standard InChI is InChI=1S/C19H21FN2O2/c1-13-11-15(20)7-8-16(13)18-17(21)9-10-22(18)19(23)24-12-14-5-3-2-4-6-14/h2-8,11,17-18H,9-10,12,21H2,1H3/t17-,18+/m0/s1. The molecular formula is C19H21FN2O2. The first-order valence-corrected chi connectivity index (χ1v) is 8.05. The predicted molar refractivity (Wildman–Crippen MR) is 89.8 cm³/mol. The molecule has 0 saturated carbocycles. The molecule has 0 unspecified atom stereocenters. The second-order valence-electron chi connectivity index (χ2n) is 6.13. The van der Waals surface area contributed by atoms with Gasteiger partial charge in [-0.05, 0) is 42.2 Å². The summed E-state index contributed by atoms with van der Waals surface area (Å²) in [6.07, 6.45) is 0.308. The maximum atomic E-state index is 13.4. The molecule has 1 aliphatic rings. The number of hydrogen-bond acceptors (Lipinski definition) is 3. The summed E-state index contributed by atoms with van der Waals surface area (Å²) in [7, 11) is 0. The van der Waals surface area contributed by atoms with E-state index in [-0.39, 0.29) is 30.6 Å². The Morgan fingerprint density at radius 2 is 2.04 bits per heavy atom. The number of ether oxygens (including phenoxy) is 1. The third-order valence-electron chi connectivity index (χ3n) is 4.43. The third-order valence-corrected chi connectivity index (χ3v) is 4.43. The fourth-order valence-electron chi connectivity index (χ4n) is 3.19. The second kappa shape index (κ2) is 7.01. The normalized spacial score (nSPS) is 20.2. The van der Waals surface area contributed by atoms with E-state index in [2.05, 4.69) is 0 Å². The Morgan fingerprint density at radius 3 is 2.75 bits per heavy atom. The number of carbonyl (C=O) groups excluding carboxylic acids is 1. The number of hydrogen-bond donors (Lipinski definition) is 1. The Bertz CT molecular complexity index is 721. The highest BCUT2D eigenvalue weighted by molar-refractivity contribution is 5.69. The van der Waals surface area contributed by atoms with Crippen molar-refractivity contribution in [2.45, 2.75) is 32.0 Å².